The van der Waals surface area contributed by atoms with Gasteiger partial charge in [-0.2, -0.15) is 0 Å². The van der Waals surface area contributed by atoms with Gasteiger partial charge < -0.3 is 5.32 Å². The van der Waals surface area contributed by atoms with Crippen molar-refractivity contribution in [1.82, 2.24) is 4.90 Å². The van der Waals surface area contributed by atoms with Crippen molar-refractivity contribution in [3.05, 3.63) is 30.3 Å². The zero-order valence-corrected chi connectivity index (χ0v) is 10.3. The summed E-state index contributed by atoms with van der Waals surface area (Å²) in [6.07, 6.45) is 1.36. The highest BCUT2D eigenvalue weighted by Crippen LogP contribution is 2.17. The van der Waals surface area contributed by atoms with Gasteiger partial charge in [0.15, 0.2) is 0 Å². The van der Waals surface area contributed by atoms with E-state index in [0.29, 0.717) is 6.04 Å². The number of nitrogens with zero attached hydrogens (tertiary/aromatic N) is 1. The fourth-order valence-electron chi connectivity index (χ4n) is 2.32. The van der Waals surface area contributed by atoms with Crippen molar-refractivity contribution in [3.63, 3.8) is 0 Å². The van der Waals surface area contributed by atoms with Crippen molar-refractivity contribution < 1.29 is 0 Å². The molecule has 0 bridgehead atoms. The Morgan fingerprint density at radius 1 is 1.38 bits per heavy atom. The second-order valence-corrected chi connectivity index (χ2v) is 4.98. The summed E-state index contributed by atoms with van der Waals surface area (Å²) in [4.78, 5) is 2.58. The second-order valence-electron chi connectivity index (χ2n) is 4.98. The van der Waals surface area contributed by atoms with E-state index in [-0.39, 0.29) is 0 Å². The van der Waals surface area contributed by atoms with Crippen LogP contribution in [0.3, 0.4) is 0 Å². The van der Waals surface area contributed by atoms with E-state index in [1.54, 1.807) is 0 Å². The van der Waals surface area contributed by atoms with Crippen molar-refractivity contribution in [3.8, 4) is 0 Å². The number of nitrogens with one attached hydrogen (secondary N) is 1. The summed E-state index contributed by atoms with van der Waals surface area (Å²) in [6, 6.07) is 11.1. The molecule has 1 N–H and O–H groups in total. The van der Waals surface area contributed by atoms with Crippen molar-refractivity contribution >= 4 is 5.69 Å². The summed E-state index contributed by atoms with van der Waals surface area (Å²) < 4.78 is 0. The fourth-order valence-corrected chi connectivity index (χ4v) is 2.32. The summed E-state index contributed by atoms with van der Waals surface area (Å²) in [6.45, 7) is 8.22. The molecule has 1 unspecified atom stereocenters. The molecule has 1 aliphatic heterocycles. The smallest absolute Gasteiger partial charge is 0.0340 e. The highest BCUT2D eigenvalue weighted by molar-refractivity contribution is 5.42. The molecule has 1 aromatic rings. The molecular formula is C14H22N2. The molecule has 0 radical (unpaired) electrons. The predicted octanol–water partition coefficient (Wildman–Crippen LogP) is 2.83. The Morgan fingerprint density at radius 2 is 2.12 bits per heavy atom. The lowest BCUT2D eigenvalue weighted by atomic mass is 10.2. The van der Waals surface area contributed by atoms with Crippen molar-refractivity contribution in [2.24, 2.45) is 5.92 Å². The normalized spacial score (nSPS) is 23.2. The molecule has 1 saturated heterocycles. The van der Waals surface area contributed by atoms with Gasteiger partial charge in [0.1, 0.15) is 0 Å². The lowest BCUT2D eigenvalue weighted by Crippen LogP contribution is -2.36. The Hall–Kier alpha value is -1.02. The average molecular weight is 218 g/mol. The van der Waals surface area contributed by atoms with Gasteiger partial charge in [-0.1, -0.05) is 25.1 Å². The Labute approximate surface area is 98.7 Å². The SMILES string of the molecule is CC(CNc1ccccc1)N1CC[C@@H](C)C1. The number of para-hydroxylation sites is 1. The van der Waals surface area contributed by atoms with Gasteiger partial charge in [0.05, 0.1) is 0 Å². The predicted molar refractivity (Wildman–Crippen MR) is 69.7 cm³/mol. The minimum Gasteiger partial charge on any atom is -0.383 e. The van der Waals surface area contributed by atoms with Gasteiger partial charge in [-0.25, -0.2) is 0 Å². The summed E-state index contributed by atoms with van der Waals surface area (Å²) in [5, 5.41) is 3.49. The first kappa shape index (κ1) is 11.5. The number of anilines is 1. The quantitative estimate of drug-likeness (QED) is 0.836. The van der Waals surface area contributed by atoms with Crippen molar-refractivity contribution in [1.29, 1.82) is 0 Å². The molecule has 1 aromatic carbocycles. The molecule has 2 rings (SSSR count). The third-order valence-corrected chi connectivity index (χ3v) is 3.45. The summed E-state index contributed by atoms with van der Waals surface area (Å²) in [5.41, 5.74) is 1.22. The lowest BCUT2D eigenvalue weighted by Gasteiger charge is -2.24. The van der Waals surface area contributed by atoms with Gasteiger partial charge in [0.2, 0.25) is 0 Å². The maximum Gasteiger partial charge on any atom is 0.0340 e. The molecule has 0 amide bonds. The van der Waals surface area contributed by atoms with Gasteiger partial charge in [-0.3, -0.25) is 4.90 Å². The van der Waals surface area contributed by atoms with Gasteiger partial charge >= 0.3 is 0 Å². The van der Waals surface area contributed by atoms with Crippen LogP contribution in [-0.4, -0.2) is 30.6 Å². The Kier molecular flexibility index (Phi) is 3.83. The van der Waals surface area contributed by atoms with E-state index in [0.717, 1.165) is 12.5 Å². The maximum absolute atomic E-state index is 3.49. The summed E-state index contributed by atoms with van der Waals surface area (Å²) in [7, 11) is 0. The molecule has 16 heavy (non-hydrogen) atoms. The van der Waals surface area contributed by atoms with Gasteiger partial charge in [-0.15, -0.1) is 0 Å². The van der Waals surface area contributed by atoms with Crippen LogP contribution in [0.5, 0.6) is 0 Å². The topological polar surface area (TPSA) is 15.3 Å². The summed E-state index contributed by atoms with van der Waals surface area (Å²) in [5.74, 6) is 0.874. The zero-order chi connectivity index (χ0) is 11.4. The average Bonchev–Trinajstić information content (AvgIpc) is 2.74. The van der Waals surface area contributed by atoms with Crippen LogP contribution in [0.25, 0.3) is 0 Å². The third-order valence-electron chi connectivity index (χ3n) is 3.45. The molecule has 88 valence electrons. The number of hydrogen-bond donors (Lipinski definition) is 1. The van der Waals surface area contributed by atoms with E-state index in [9.17, 15) is 0 Å². The first-order valence-corrected chi connectivity index (χ1v) is 6.28. The number of benzene rings is 1. The molecule has 0 aromatic heterocycles. The zero-order valence-electron chi connectivity index (χ0n) is 10.3. The first-order valence-electron chi connectivity index (χ1n) is 6.28. The van der Waals surface area contributed by atoms with Crippen LogP contribution >= 0.6 is 0 Å². The molecule has 0 saturated carbocycles. The van der Waals surface area contributed by atoms with Crippen LogP contribution in [0.2, 0.25) is 0 Å². The van der Waals surface area contributed by atoms with E-state index >= 15 is 0 Å². The monoisotopic (exact) mass is 218 g/mol. The van der Waals surface area contributed by atoms with Crippen LogP contribution in [0.4, 0.5) is 5.69 Å². The maximum atomic E-state index is 3.49. The number of rotatable bonds is 4. The largest absolute Gasteiger partial charge is 0.383 e. The third kappa shape index (κ3) is 2.99. The molecule has 1 heterocycles. The Morgan fingerprint density at radius 3 is 2.75 bits per heavy atom. The van der Waals surface area contributed by atoms with E-state index in [4.69, 9.17) is 0 Å². The van der Waals surface area contributed by atoms with E-state index < -0.39 is 0 Å². The Balaban J connectivity index is 1.78. The minimum atomic E-state index is 0.630. The molecule has 0 spiro atoms. The van der Waals surface area contributed by atoms with Crippen LogP contribution < -0.4 is 5.32 Å². The van der Waals surface area contributed by atoms with Crippen molar-refractivity contribution in [2.45, 2.75) is 26.3 Å². The number of likely N-dealkylation sites (tertiary alicyclic amines) is 1. The molecule has 2 nitrogen and oxygen atoms in total. The van der Waals surface area contributed by atoms with Gasteiger partial charge in [0, 0.05) is 24.8 Å². The standard InChI is InChI=1S/C14H22N2/c1-12-8-9-16(11-12)13(2)10-15-14-6-4-3-5-7-14/h3-7,12-13,15H,8-11H2,1-2H3/t12-,13?/m1/s1. The molecule has 1 fully saturated rings. The van der Waals surface area contributed by atoms with Crippen molar-refractivity contribution in [2.75, 3.05) is 25.0 Å². The summed E-state index contributed by atoms with van der Waals surface area (Å²) >= 11 is 0. The second kappa shape index (κ2) is 5.35. The minimum absolute atomic E-state index is 0.630. The van der Waals surface area contributed by atoms with Crippen LogP contribution in [0.1, 0.15) is 20.3 Å². The van der Waals surface area contributed by atoms with E-state index in [2.05, 4.69) is 54.4 Å². The fraction of sp³-hybridized carbons (Fsp3) is 0.571. The highest BCUT2D eigenvalue weighted by Gasteiger charge is 2.22. The molecule has 2 atom stereocenters. The van der Waals surface area contributed by atoms with Crippen LogP contribution in [0.15, 0.2) is 30.3 Å². The van der Waals surface area contributed by atoms with Crippen LogP contribution in [0, 0.1) is 5.92 Å². The first-order chi connectivity index (χ1) is 7.75. The van der Waals surface area contributed by atoms with Gasteiger partial charge in [0.25, 0.3) is 0 Å². The van der Waals surface area contributed by atoms with Gasteiger partial charge in [-0.05, 0) is 37.9 Å². The Bertz CT molecular complexity index is 310. The van der Waals surface area contributed by atoms with Crippen LogP contribution in [-0.2, 0) is 0 Å². The molecule has 2 heteroatoms. The van der Waals surface area contributed by atoms with E-state index in [1.807, 2.05) is 0 Å². The molecule has 0 aliphatic carbocycles. The lowest BCUT2D eigenvalue weighted by molar-refractivity contribution is 0.261. The molecule has 1 aliphatic rings. The number of hydrogen-bond acceptors (Lipinski definition) is 2. The van der Waals surface area contributed by atoms with E-state index in [1.165, 1.54) is 25.2 Å². The highest BCUT2D eigenvalue weighted by atomic mass is 15.2. The molecular weight excluding hydrogens is 196 g/mol.